The highest BCUT2D eigenvalue weighted by molar-refractivity contribution is 5.90. The molecular weight excluding hydrogens is 428 g/mol. The molecular formula is C28H34N2O4. The Bertz CT molecular complexity index is 985. The van der Waals surface area contributed by atoms with E-state index in [1.807, 2.05) is 18.2 Å². The van der Waals surface area contributed by atoms with Crippen molar-refractivity contribution >= 4 is 29.4 Å². The molecule has 2 aromatic carbocycles. The number of ether oxygens (including phenoxy) is 2. The molecule has 1 fully saturated rings. The number of hydrogen-bond donors (Lipinski definition) is 2. The van der Waals surface area contributed by atoms with Gasteiger partial charge in [-0.15, -0.1) is 6.58 Å². The van der Waals surface area contributed by atoms with Crippen LogP contribution >= 0.6 is 0 Å². The van der Waals surface area contributed by atoms with Gasteiger partial charge in [0.15, 0.2) is 0 Å². The Kier molecular flexibility index (Phi) is 9.32. The molecule has 0 saturated heterocycles. The van der Waals surface area contributed by atoms with E-state index in [0.29, 0.717) is 29.3 Å². The minimum atomic E-state index is -0.441. The van der Waals surface area contributed by atoms with Crippen molar-refractivity contribution < 1.29 is 19.1 Å². The van der Waals surface area contributed by atoms with Crippen molar-refractivity contribution in [2.75, 3.05) is 18.1 Å². The van der Waals surface area contributed by atoms with Gasteiger partial charge in [-0.05, 0) is 92.0 Å². The van der Waals surface area contributed by atoms with Gasteiger partial charge in [0.25, 0.3) is 0 Å². The third-order valence-corrected chi connectivity index (χ3v) is 6.08. The minimum absolute atomic E-state index is 0.00871. The van der Waals surface area contributed by atoms with Gasteiger partial charge >= 0.3 is 11.9 Å². The highest BCUT2D eigenvalue weighted by Gasteiger charge is 2.23. The van der Waals surface area contributed by atoms with Crippen LogP contribution in [0.1, 0.15) is 60.0 Å². The Labute approximate surface area is 201 Å². The number of nitrogens with two attached hydrogens (primary N) is 2. The molecule has 1 saturated carbocycles. The van der Waals surface area contributed by atoms with Gasteiger partial charge < -0.3 is 20.9 Å². The van der Waals surface area contributed by atoms with Gasteiger partial charge in [0.1, 0.15) is 6.10 Å². The number of nitrogen functional groups attached to an aromatic ring is 2. The fraction of sp³-hybridized carbons (Fsp3) is 0.357. The number of anilines is 2. The molecule has 6 heteroatoms. The third kappa shape index (κ3) is 8.10. The lowest BCUT2D eigenvalue weighted by molar-refractivity contribution is -0.137. The van der Waals surface area contributed by atoms with Gasteiger partial charge in [-0.2, -0.15) is 0 Å². The van der Waals surface area contributed by atoms with Gasteiger partial charge in [0, 0.05) is 23.9 Å². The first kappa shape index (κ1) is 25.1. The van der Waals surface area contributed by atoms with Crippen LogP contribution in [0.25, 0.3) is 6.08 Å². The van der Waals surface area contributed by atoms with Crippen molar-refractivity contribution in [3.05, 3.63) is 77.9 Å². The quantitative estimate of drug-likeness (QED) is 0.214. The van der Waals surface area contributed by atoms with Crippen molar-refractivity contribution in [3.63, 3.8) is 0 Å². The molecule has 6 nitrogen and oxygen atoms in total. The maximum Gasteiger partial charge on any atom is 0.338 e. The van der Waals surface area contributed by atoms with E-state index in [4.69, 9.17) is 20.9 Å². The van der Waals surface area contributed by atoms with Crippen LogP contribution < -0.4 is 11.5 Å². The first-order chi connectivity index (χ1) is 16.4. The molecule has 0 atom stereocenters. The number of rotatable bonds is 10. The van der Waals surface area contributed by atoms with E-state index in [-0.39, 0.29) is 18.7 Å². The summed E-state index contributed by atoms with van der Waals surface area (Å²) in [5.74, 6) is -0.0302. The lowest BCUT2D eigenvalue weighted by Gasteiger charge is -2.28. The van der Waals surface area contributed by atoms with Crippen molar-refractivity contribution in [2.45, 2.75) is 51.0 Å². The molecule has 0 radical (unpaired) electrons. The summed E-state index contributed by atoms with van der Waals surface area (Å²) in [6, 6.07) is 12.3. The van der Waals surface area contributed by atoms with Crippen molar-refractivity contribution in [1.82, 2.24) is 0 Å². The number of esters is 2. The van der Waals surface area contributed by atoms with E-state index in [9.17, 15) is 9.59 Å². The number of allylic oxidation sites excluding steroid dienone is 1. The normalized spacial score (nSPS) is 17.9. The summed E-state index contributed by atoms with van der Waals surface area (Å²) in [4.78, 5) is 24.5. The molecule has 3 rings (SSSR count). The van der Waals surface area contributed by atoms with E-state index >= 15 is 0 Å². The molecule has 1 aliphatic rings. The van der Waals surface area contributed by atoms with Crippen LogP contribution in [-0.4, -0.2) is 24.6 Å². The first-order valence-corrected chi connectivity index (χ1v) is 11.8. The second-order valence-electron chi connectivity index (χ2n) is 8.79. The Morgan fingerprint density at radius 1 is 1.00 bits per heavy atom. The lowest BCUT2D eigenvalue weighted by Crippen LogP contribution is -2.24. The second-order valence-corrected chi connectivity index (χ2v) is 8.79. The summed E-state index contributed by atoms with van der Waals surface area (Å²) in [5.41, 5.74) is 14.9. The Morgan fingerprint density at radius 3 is 2.32 bits per heavy atom. The van der Waals surface area contributed by atoms with Crippen LogP contribution in [-0.2, 0) is 20.7 Å². The fourth-order valence-corrected chi connectivity index (χ4v) is 4.21. The minimum Gasteiger partial charge on any atom is -0.462 e. The summed E-state index contributed by atoms with van der Waals surface area (Å²) in [6.45, 7) is 4.01. The molecule has 2 aromatic rings. The fourth-order valence-electron chi connectivity index (χ4n) is 4.21. The molecule has 34 heavy (non-hydrogen) atoms. The molecule has 4 N–H and O–H groups in total. The van der Waals surface area contributed by atoms with E-state index in [2.05, 4.69) is 6.58 Å². The van der Waals surface area contributed by atoms with Gasteiger partial charge in [-0.25, -0.2) is 9.59 Å². The number of carbonyl (C=O) groups is 2. The van der Waals surface area contributed by atoms with Crippen molar-refractivity contribution in [2.24, 2.45) is 5.92 Å². The first-order valence-electron chi connectivity index (χ1n) is 11.8. The Hall–Kier alpha value is -3.54. The zero-order valence-corrected chi connectivity index (χ0v) is 19.6. The average molecular weight is 463 g/mol. The summed E-state index contributed by atoms with van der Waals surface area (Å²) in [6.07, 6.45) is 11.8. The van der Waals surface area contributed by atoms with E-state index in [1.54, 1.807) is 36.4 Å². The summed E-state index contributed by atoms with van der Waals surface area (Å²) in [5, 5.41) is 0. The third-order valence-electron chi connectivity index (χ3n) is 6.08. The van der Waals surface area contributed by atoms with E-state index < -0.39 is 5.97 Å². The molecule has 0 aliphatic heterocycles. The number of hydrogen-bond acceptors (Lipinski definition) is 6. The maximum atomic E-state index is 12.5. The molecule has 0 unspecified atom stereocenters. The van der Waals surface area contributed by atoms with Crippen LogP contribution in [0.2, 0.25) is 0 Å². The molecule has 1 aliphatic carbocycles. The van der Waals surface area contributed by atoms with Gasteiger partial charge in [0.05, 0.1) is 12.2 Å². The predicted octanol–water partition coefficient (Wildman–Crippen LogP) is 5.33. The van der Waals surface area contributed by atoms with Crippen LogP contribution in [0.15, 0.2) is 61.2 Å². The Balaban J connectivity index is 1.40. The molecule has 0 spiro atoms. The number of benzene rings is 2. The summed E-state index contributed by atoms with van der Waals surface area (Å²) in [7, 11) is 0. The Morgan fingerprint density at radius 2 is 1.68 bits per heavy atom. The molecule has 0 aromatic heterocycles. The largest absolute Gasteiger partial charge is 0.462 e. The zero-order valence-electron chi connectivity index (χ0n) is 19.6. The highest BCUT2D eigenvalue weighted by Crippen LogP contribution is 2.30. The zero-order chi connectivity index (χ0) is 24.3. The average Bonchev–Trinajstić information content (AvgIpc) is 2.82. The smallest absolute Gasteiger partial charge is 0.338 e. The van der Waals surface area contributed by atoms with E-state index in [1.165, 1.54) is 12.5 Å². The maximum absolute atomic E-state index is 12.5. The van der Waals surface area contributed by atoms with Crippen LogP contribution in [0.4, 0.5) is 11.4 Å². The van der Waals surface area contributed by atoms with Gasteiger partial charge in [-0.1, -0.05) is 18.2 Å². The second kappa shape index (κ2) is 12.6. The van der Waals surface area contributed by atoms with Crippen LogP contribution in [0.3, 0.4) is 0 Å². The van der Waals surface area contributed by atoms with Crippen molar-refractivity contribution in [1.29, 1.82) is 0 Å². The van der Waals surface area contributed by atoms with Gasteiger partial charge in [0.2, 0.25) is 0 Å². The lowest BCUT2D eigenvalue weighted by atomic mass is 9.84. The highest BCUT2D eigenvalue weighted by atomic mass is 16.5. The standard InChI is InChI=1S/C28H34N2O4/c1-2-3-4-20-7-12-26(13-8-20)34-28(32)23-10-5-21(6-11-23)9-14-27(31)33-16-15-22-17-24(29)19-25(30)18-22/h2,5-6,9-11,14,17-20,26H,1,3-4,7-8,12-13,15-16,29-30H2. The predicted molar refractivity (Wildman–Crippen MR) is 136 cm³/mol. The van der Waals surface area contributed by atoms with Crippen LogP contribution in [0, 0.1) is 5.92 Å². The molecule has 0 amide bonds. The number of carbonyl (C=O) groups excluding carboxylic acids is 2. The van der Waals surface area contributed by atoms with Crippen LogP contribution in [0.5, 0.6) is 0 Å². The monoisotopic (exact) mass is 462 g/mol. The topological polar surface area (TPSA) is 105 Å². The summed E-state index contributed by atoms with van der Waals surface area (Å²) < 4.78 is 10.9. The molecule has 180 valence electrons. The molecule has 0 bridgehead atoms. The SMILES string of the molecule is C=CCCC1CCC(OC(=O)c2ccc(C=CC(=O)OCCc3cc(N)cc(N)c3)cc2)CC1. The van der Waals surface area contributed by atoms with E-state index in [0.717, 1.165) is 43.2 Å². The molecule has 0 heterocycles. The van der Waals surface area contributed by atoms with Gasteiger partial charge in [-0.3, -0.25) is 0 Å². The van der Waals surface area contributed by atoms with Crippen molar-refractivity contribution in [3.8, 4) is 0 Å². The summed E-state index contributed by atoms with van der Waals surface area (Å²) >= 11 is 0.